The average Bonchev–Trinajstić information content (AvgIpc) is 3.33. The van der Waals surface area contributed by atoms with Gasteiger partial charge in [-0.3, -0.25) is 14.9 Å². The third kappa shape index (κ3) is 3.58. The lowest BCUT2D eigenvalue weighted by Crippen LogP contribution is -2.00. The van der Waals surface area contributed by atoms with Crippen LogP contribution in [0.1, 0.15) is 10.6 Å². The van der Waals surface area contributed by atoms with Crippen LogP contribution in [0, 0.1) is 10.1 Å². The van der Waals surface area contributed by atoms with Crippen LogP contribution in [0.4, 0.5) is 5.69 Å². The number of nitro groups is 1. The lowest BCUT2D eigenvalue weighted by Gasteiger charge is -1.95. The number of benzene rings is 2. The van der Waals surface area contributed by atoms with Gasteiger partial charge in [0.05, 0.1) is 10.7 Å². The molecule has 9 heteroatoms. The van der Waals surface area contributed by atoms with E-state index in [2.05, 4.69) is 10.2 Å². The number of non-ortho nitro benzene ring substituents is 1. The molecular weight excluding hydrogens is 370 g/mol. The monoisotopic (exact) mass is 381 g/mol. The van der Waals surface area contributed by atoms with Crippen LogP contribution in [0.3, 0.4) is 0 Å². The number of carbonyl (C=O) groups excluding carboxylic acids is 1. The molecule has 4 rings (SSSR count). The summed E-state index contributed by atoms with van der Waals surface area (Å²) in [4.78, 5) is 22.7. The maximum Gasteiger partial charge on any atom is 0.277 e. The number of nitrogens with zero attached hydrogens (tertiary/aromatic N) is 3. The molecule has 2 heterocycles. The SMILES string of the molecule is O=C(CSc1nnc(-c2cccc([N+](=O)[O-])c2)o1)c1cc2ccccc2o1. The molecule has 0 radical (unpaired) electrons. The number of rotatable bonds is 6. The van der Waals surface area contributed by atoms with Gasteiger partial charge in [0.2, 0.25) is 11.7 Å². The van der Waals surface area contributed by atoms with Crippen LogP contribution in [0.25, 0.3) is 22.4 Å². The van der Waals surface area contributed by atoms with Gasteiger partial charge in [-0.2, -0.15) is 0 Å². The van der Waals surface area contributed by atoms with Crippen molar-refractivity contribution in [1.29, 1.82) is 0 Å². The second kappa shape index (κ2) is 7.04. The van der Waals surface area contributed by atoms with Crippen LogP contribution < -0.4 is 0 Å². The molecule has 0 amide bonds. The number of Topliss-reactive ketones (excluding diaryl/α,β-unsaturated/α-hetero) is 1. The summed E-state index contributed by atoms with van der Waals surface area (Å²) in [6.07, 6.45) is 0. The molecule has 0 unspecified atom stereocenters. The summed E-state index contributed by atoms with van der Waals surface area (Å²) in [6, 6.07) is 15.0. The fourth-order valence-corrected chi connectivity index (χ4v) is 3.09. The number of fused-ring (bicyclic) bond motifs is 1. The number of ketones is 1. The summed E-state index contributed by atoms with van der Waals surface area (Å²) >= 11 is 1.08. The summed E-state index contributed by atoms with van der Waals surface area (Å²) in [5, 5.41) is 19.7. The highest BCUT2D eigenvalue weighted by atomic mass is 32.2. The molecule has 0 atom stereocenters. The summed E-state index contributed by atoms with van der Waals surface area (Å²) in [5.74, 6) is 0.280. The molecule has 2 aromatic carbocycles. The van der Waals surface area contributed by atoms with Gasteiger partial charge in [0.15, 0.2) is 5.76 Å². The highest BCUT2D eigenvalue weighted by Gasteiger charge is 2.16. The van der Waals surface area contributed by atoms with Gasteiger partial charge in [0.1, 0.15) is 5.58 Å². The quantitative estimate of drug-likeness (QED) is 0.209. The standard InChI is InChI=1S/C18H11N3O5S/c22-14(16-9-11-4-1-2-7-15(11)25-16)10-27-18-20-19-17(26-18)12-5-3-6-13(8-12)21(23)24/h1-9H,10H2. The molecule has 27 heavy (non-hydrogen) atoms. The third-order valence-electron chi connectivity index (χ3n) is 3.74. The molecule has 0 aliphatic rings. The van der Waals surface area contributed by atoms with E-state index in [0.29, 0.717) is 11.1 Å². The fourth-order valence-electron chi connectivity index (χ4n) is 2.45. The Morgan fingerprint density at radius 2 is 1.93 bits per heavy atom. The first kappa shape index (κ1) is 17.0. The molecule has 0 spiro atoms. The first-order valence-electron chi connectivity index (χ1n) is 7.83. The van der Waals surface area contributed by atoms with E-state index in [1.54, 1.807) is 18.2 Å². The largest absolute Gasteiger partial charge is 0.453 e. The van der Waals surface area contributed by atoms with Crippen molar-refractivity contribution in [2.75, 3.05) is 5.75 Å². The van der Waals surface area contributed by atoms with Crippen LogP contribution in [-0.2, 0) is 0 Å². The zero-order valence-corrected chi connectivity index (χ0v) is 14.5. The molecule has 0 saturated carbocycles. The maximum atomic E-state index is 12.3. The Labute approximate surface area is 156 Å². The lowest BCUT2D eigenvalue weighted by molar-refractivity contribution is -0.384. The second-order valence-corrected chi connectivity index (χ2v) is 6.47. The average molecular weight is 381 g/mol. The number of furan rings is 1. The molecule has 0 bridgehead atoms. The Kier molecular flexibility index (Phi) is 4.43. The summed E-state index contributed by atoms with van der Waals surface area (Å²) in [5.41, 5.74) is 1.02. The summed E-state index contributed by atoms with van der Waals surface area (Å²) in [7, 11) is 0. The van der Waals surface area contributed by atoms with Crippen molar-refractivity contribution < 1.29 is 18.6 Å². The molecule has 0 aliphatic heterocycles. The molecule has 8 nitrogen and oxygen atoms in total. The summed E-state index contributed by atoms with van der Waals surface area (Å²) < 4.78 is 11.0. The number of thioether (sulfide) groups is 1. The first-order chi connectivity index (χ1) is 13.1. The van der Waals surface area contributed by atoms with E-state index < -0.39 is 4.92 Å². The molecule has 0 saturated heterocycles. The number of hydrogen-bond acceptors (Lipinski definition) is 8. The lowest BCUT2D eigenvalue weighted by atomic mass is 10.2. The third-order valence-corrected chi connectivity index (χ3v) is 4.56. The van der Waals surface area contributed by atoms with Crippen LogP contribution in [-0.4, -0.2) is 26.7 Å². The minimum absolute atomic E-state index is 0.0659. The smallest absolute Gasteiger partial charge is 0.277 e. The summed E-state index contributed by atoms with van der Waals surface area (Å²) in [6.45, 7) is 0. The molecule has 0 aliphatic carbocycles. The van der Waals surface area contributed by atoms with Crippen LogP contribution in [0.15, 0.2) is 68.7 Å². The van der Waals surface area contributed by atoms with Gasteiger partial charge >= 0.3 is 0 Å². The molecule has 2 aromatic heterocycles. The Morgan fingerprint density at radius 3 is 2.74 bits per heavy atom. The number of nitro benzene ring substituents is 1. The highest BCUT2D eigenvalue weighted by Crippen LogP contribution is 2.27. The number of hydrogen-bond donors (Lipinski definition) is 0. The molecule has 4 aromatic rings. The number of aromatic nitrogens is 2. The predicted molar refractivity (Wildman–Crippen MR) is 97.7 cm³/mol. The van der Waals surface area contributed by atoms with Gasteiger partial charge in [-0.05, 0) is 18.2 Å². The molecular formula is C18H11N3O5S. The normalized spacial score (nSPS) is 11.0. The van der Waals surface area contributed by atoms with E-state index in [9.17, 15) is 14.9 Å². The van der Waals surface area contributed by atoms with E-state index >= 15 is 0 Å². The van der Waals surface area contributed by atoms with E-state index in [4.69, 9.17) is 8.83 Å². The molecule has 0 N–H and O–H groups in total. The first-order valence-corrected chi connectivity index (χ1v) is 8.81. The van der Waals surface area contributed by atoms with Crippen LogP contribution in [0.2, 0.25) is 0 Å². The van der Waals surface area contributed by atoms with Crippen molar-refractivity contribution in [1.82, 2.24) is 10.2 Å². The zero-order valence-electron chi connectivity index (χ0n) is 13.7. The number of carbonyl (C=O) groups is 1. The van der Waals surface area contributed by atoms with Crippen molar-refractivity contribution in [2.45, 2.75) is 5.22 Å². The zero-order chi connectivity index (χ0) is 18.8. The Bertz CT molecular complexity index is 1120. The van der Waals surface area contributed by atoms with Crippen molar-refractivity contribution >= 4 is 34.2 Å². The van der Waals surface area contributed by atoms with Crippen molar-refractivity contribution in [3.05, 3.63) is 70.5 Å². The van der Waals surface area contributed by atoms with E-state index in [0.717, 1.165) is 17.1 Å². The predicted octanol–water partition coefficient (Wildman–Crippen LogP) is 4.37. The van der Waals surface area contributed by atoms with Crippen molar-refractivity contribution in [2.24, 2.45) is 0 Å². The highest BCUT2D eigenvalue weighted by molar-refractivity contribution is 7.99. The van der Waals surface area contributed by atoms with Crippen molar-refractivity contribution in [3.8, 4) is 11.5 Å². The molecule has 134 valence electrons. The van der Waals surface area contributed by atoms with E-state index in [1.165, 1.54) is 18.2 Å². The van der Waals surface area contributed by atoms with Gasteiger partial charge in [-0.15, -0.1) is 10.2 Å². The topological polar surface area (TPSA) is 112 Å². The van der Waals surface area contributed by atoms with Gasteiger partial charge in [0, 0.05) is 23.1 Å². The van der Waals surface area contributed by atoms with Crippen LogP contribution >= 0.6 is 11.8 Å². The van der Waals surface area contributed by atoms with Gasteiger partial charge in [-0.25, -0.2) is 0 Å². The van der Waals surface area contributed by atoms with Gasteiger partial charge in [0.25, 0.3) is 10.9 Å². The number of para-hydroxylation sites is 1. The Morgan fingerprint density at radius 1 is 1.07 bits per heavy atom. The van der Waals surface area contributed by atoms with Gasteiger partial charge in [-0.1, -0.05) is 36.0 Å². The Balaban J connectivity index is 1.45. The maximum absolute atomic E-state index is 12.3. The van der Waals surface area contributed by atoms with E-state index in [1.807, 2.05) is 18.2 Å². The van der Waals surface area contributed by atoms with Crippen molar-refractivity contribution in [3.63, 3.8) is 0 Å². The van der Waals surface area contributed by atoms with Crippen LogP contribution in [0.5, 0.6) is 0 Å². The molecule has 0 fully saturated rings. The fraction of sp³-hybridized carbons (Fsp3) is 0.0556. The minimum Gasteiger partial charge on any atom is -0.453 e. The van der Waals surface area contributed by atoms with E-state index in [-0.39, 0.29) is 34.1 Å². The second-order valence-electron chi connectivity index (χ2n) is 5.54. The Hall–Kier alpha value is -3.46. The van der Waals surface area contributed by atoms with Gasteiger partial charge < -0.3 is 8.83 Å². The minimum atomic E-state index is -0.498.